The smallest absolute Gasteiger partial charge is 0.0896 e. The summed E-state index contributed by atoms with van der Waals surface area (Å²) in [6.07, 6.45) is 2.89. The van der Waals surface area contributed by atoms with Crippen molar-refractivity contribution < 1.29 is 5.11 Å². The number of rotatable bonds is 1. The molecule has 0 unspecified atom stereocenters. The van der Waals surface area contributed by atoms with Gasteiger partial charge in [0, 0.05) is 5.02 Å². The van der Waals surface area contributed by atoms with E-state index in [1.165, 1.54) is 0 Å². The Morgan fingerprint density at radius 2 is 1.75 bits per heavy atom. The van der Waals surface area contributed by atoms with Crippen LogP contribution in [0.15, 0.2) is 24.3 Å². The Morgan fingerprint density at radius 3 is 2.17 bits per heavy atom. The van der Waals surface area contributed by atoms with E-state index in [0.29, 0.717) is 0 Å². The molecule has 1 aliphatic carbocycles. The Labute approximate surface area is 77.0 Å². The molecule has 1 saturated carbocycles. The monoisotopic (exact) mass is 182 g/mol. The minimum Gasteiger partial charge on any atom is -0.385 e. The second-order valence-electron chi connectivity index (χ2n) is 3.39. The summed E-state index contributed by atoms with van der Waals surface area (Å²) in [4.78, 5) is 0. The summed E-state index contributed by atoms with van der Waals surface area (Å²) in [5, 5.41) is 10.7. The number of halogens is 1. The Kier molecular flexibility index (Phi) is 1.85. The van der Waals surface area contributed by atoms with Crippen LogP contribution in [0, 0.1) is 0 Å². The number of hydrogen-bond donors (Lipinski definition) is 1. The Balaban J connectivity index is 2.28. The van der Waals surface area contributed by atoms with E-state index in [-0.39, 0.29) is 0 Å². The van der Waals surface area contributed by atoms with E-state index < -0.39 is 5.60 Å². The standard InChI is InChI=1S/C10H11ClO/c11-9-4-2-8(3-5-9)10(12)6-1-7-10/h2-5,12H,1,6-7H2. The van der Waals surface area contributed by atoms with Crippen LogP contribution in [0.2, 0.25) is 5.02 Å². The zero-order valence-corrected chi connectivity index (χ0v) is 7.51. The topological polar surface area (TPSA) is 20.2 Å². The minimum atomic E-state index is -0.551. The highest BCUT2D eigenvalue weighted by Gasteiger charge is 2.35. The van der Waals surface area contributed by atoms with E-state index in [1.54, 1.807) is 0 Å². The van der Waals surface area contributed by atoms with Crippen LogP contribution in [0.4, 0.5) is 0 Å². The fraction of sp³-hybridized carbons (Fsp3) is 0.400. The summed E-state index contributed by atoms with van der Waals surface area (Å²) in [7, 11) is 0. The molecule has 64 valence electrons. The molecule has 0 aromatic heterocycles. The van der Waals surface area contributed by atoms with Crippen LogP contribution in [0.5, 0.6) is 0 Å². The molecule has 2 heteroatoms. The van der Waals surface area contributed by atoms with Gasteiger partial charge in [-0.1, -0.05) is 23.7 Å². The van der Waals surface area contributed by atoms with E-state index in [4.69, 9.17) is 11.6 Å². The van der Waals surface area contributed by atoms with Crippen molar-refractivity contribution in [2.75, 3.05) is 0 Å². The third-order valence-corrected chi connectivity index (χ3v) is 2.81. The van der Waals surface area contributed by atoms with E-state index >= 15 is 0 Å². The van der Waals surface area contributed by atoms with Crippen molar-refractivity contribution in [1.29, 1.82) is 0 Å². The van der Waals surface area contributed by atoms with Gasteiger partial charge in [0.1, 0.15) is 0 Å². The Morgan fingerprint density at radius 1 is 1.17 bits per heavy atom. The van der Waals surface area contributed by atoms with E-state index in [1.807, 2.05) is 24.3 Å². The first-order chi connectivity index (χ1) is 5.71. The molecule has 2 rings (SSSR count). The van der Waals surface area contributed by atoms with Crippen LogP contribution < -0.4 is 0 Å². The third kappa shape index (κ3) is 1.23. The summed E-state index contributed by atoms with van der Waals surface area (Å²) < 4.78 is 0. The Bertz CT molecular complexity index is 274. The minimum absolute atomic E-state index is 0.551. The van der Waals surface area contributed by atoms with Gasteiger partial charge in [0.25, 0.3) is 0 Å². The van der Waals surface area contributed by atoms with Crippen molar-refractivity contribution in [1.82, 2.24) is 0 Å². The molecule has 1 aromatic rings. The molecule has 1 aromatic carbocycles. The molecule has 0 aliphatic heterocycles. The number of aliphatic hydroxyl groups is 1. The van der Waals surface area contributed by atoms with Crippen molar-refractivity contribution in [3.63, 3.8) is 0 Å². The largest absolute Gasteiger partial charge is 0.385 e. The Hall–Kier alpha value is -0.530. The molecule has 12 heavy (non-hydrogen) atoms. The van der Waals surface area contributed by atoms with Gasteiger partial charge in [-0.25, -0.2) is 0 Å². The van der Waals surface area contributed by atoms with Gasteiger partial charge in [-0.15, -0.1) is 0 Å². The molecular weight excluding hydrogens is 172 g/mol. The quantitative estimate of drug-likeness (QED) is 0.708. The molecule has 1 aliphatic rings. The lowest BCUT2D eigenvalue weighted by molar-refractivity contribution is -0.0387. The first kappa shape index (κ1) is 8.09. The van der Waals surface area contributed by atoms with E-state index in [9.17, 15) is 5.11 Å². The SMILES string of the molecule is OC1(c2ccc(Cl)cc2)CCC1. The van der Waals surface area contributed by atoms with Crippen molar-refractivity contribution in [3.8, 4) is 0 Å². The molecule has 0 saturated heterocycles. The normalized spacial score (nSPS) is 20.2. The van der Waals surface area contributed by atoms with Gasteiger partial charge in [0.05, 0.1) is 5.60 Å². The predicted molar refractivity (Wildman–Crippen MR) is 49.2 cm³/mol. The predicted octanol–water partition coefficient (Wildman–Crippen LogP) is 2.71. The molecule has 1 N–H and O–H groups in total. The summed E-state index contributed by atoms with van der Waals surface area (Å²) in [5.74, 6) is 0. The van der Waals surface area contributed by atoms with Crippen molar-refractivity contribution in [2.24, 2.45) is 0 Å². The van der Waals surface area contributed by atoms with Crippen LogP contribution in [0.25, 0.3) is 0 Å². The molecule has 0 bridgehead atoms. The molecule has 1 fully saturated rings. The zero-order chi connectivity index (χ0) is 8.60. The molecule has 0 atom stereocenters. The highest BCUT2D eigenvalue weighted by molar-refractivity contribution is 6.30. The van der Waals surface area contributed by atoms with Gasteiger partial charge < -0.3 is 5.11 Å². The second-order valence-corrected chi connectivity index (χ2v) is 3.83. The molecule has 0 heterocycles. The van der Waals surface area contributed by atoms with Crippen LogP contribution in [-0.4, -0.2) is 5.11 Å². The van der Waals surface area contributed by atoms with Gasteiger partial charge in [0.2, 0.25) is 0 Å². The van der Waals surface area contributed by atoms with E-state index in [2.05, 4.69) is 0 Å². The van der Waals surface area contributed by atoms with Crippen molar-refractivity contribution in [2.45, 2.75) is 24.9 Å². The fourth-order valence-electron chi connectivity index (χ4n) is 1.56. The summed E-state index contributed by atoms with van der Waals surface area (Å²) in [6, 6.07) is 7.46. The maximum atomic E-state index is 9.93. The molecular formula is C10H11ClO. The van der Waals surface area contributed by atoms with Crippen LogP contribution in [-0.2, 0) is 5.60 Å². The average Bonchev–Trinajstić information content (AvgIpc) is 2.02. The maximum Gasteiger partial charge on any atom is 0.0896 e. The van der Waals surface area contributed by atoms with Crippen molar-refractivity contribution >= 4 is 11.6 Å². The molecule has 0 radical (unpaired) electrons. The van der Waals surface area contributed by atoms with Crippen LogP contribution in [0.1, 0.15) is 24.8 Å². The van der Waals surface area contributed by atoms with Gasteiger partial charge in [-0.05, 0) is 37.0 Å². The summed E-state index contributed by atoms with van der Waals surface area (Å²) in [5.41, 5.74) is 0.447. The van der Waals surface area contributed by atoms with Crippen LogP contribution >= 0.6 is 11.6 Å². The second kappa shape index (κ2) is 2.75. The molecule has 0 spiro atoms. The van der Waals surface area contributed by atoms with Gasteiger partial charge in [-0.2, -0.15) is 0 Å². The fourth-order valence-corrected chi connectivity index (χ4v) is 1.69. The molecule has 0 amide bonds. The third-order valence-electron chi connectivity index (χ3n) is 2.56. The van der Waals surface area contributed by atoms with Gasteiger partial charge >= 0.3 is 0 Å². The molecule has 1 nitrogen and oxygen atoms in total. The lowest BCUT2D eigenvalue weighted by Gasteiger charge is -2.37. The first-order valence-corrected chi connectivity index (χ1v) is 4.57. The highest BCUT2D eigenvalue weighted by Crippen LogP contribution is 2.41. The number of benzene rings is 1. The summed E-state index contributed by atoms with van der Waals surface area (Å²) >= 11 is 5.74. The highest BCUT2D eigenvalue weighted by atomic mass is 35.5. The zero-order valence-electron chi connectivity index (χ0n) is 6.76. The first-order valence-electron chi connectivity index (χ1n) is 4.19. The maximum absolute atomic E-state index is 9.93. The van der Waals surface area contributed by atoms with Crippen LogP contribution in [0.3, 0.4) is 0 Å². The van der Waals surface area contributed by atoms with Gasteiger partial charge in [0.15, 0.2) is 0 Å². The lowest BCUT2D eigenvalue weighted by atomic mass is 9.75. The van der Waals surface area contributed by atoms with E-state index in [0.717, 1.165) is 29.8 Å². The summed E-state index contributed by atoms with van der Waals surface area (Å²) in [6.45, 7) is 0. The number of hydrogen-bond acceptors (Lipinski definition) is 1. The van der Waals surface area contributed by atoms with Gasteiger partial charge in [-0.3, -0.25) is 0 Å². The average molecular weight is 183 g/mol. The lowest BCUT2D eigenvalue weighted by Crippen LogP contribution is -2.33. The van der Waals surface area contributed by atoms with Crippen molar-refractivity contribution in [3.05, 3.63) is 34.9 Å².